The van der Waals surface area contributed by atoms with Gasteiger partial charge in [0.25, 0.3) is 0 Å². The van der Waals surface area contributed by atoms with Gasteiger partial charge < -0.3 is 0 Å². The van der Waals surface area contributed by atoms with Gasteiger partial charge in [0.15, 0.2) is 0 Å². The largest absolute Gasteiger partial charge is 0.0642 e. The van der Waals surface area contributed by atoms with Crippen molar-refractivity contribution in [3.63, 3.8) is 0 Å². The summed E-state index contributed by atoms with van der Waals surface area (Å²) in [7, 11) is 2.86. The molecule has 0 saturated carbocycles. The molecule has 0 bridgehead atoms. The summed E-state index contributed by atoms with van der Waals surface area (Å²) in [5.41, 5.74) is 0. The smallest absolute Gasteiger partial charge is 0.0283 e. The lowest BCUT2D eigenvalue weighted by atomic mass is 11.0. The molecule has 0 aliphatic heterocycles. The van der Waals surface area contributed by atoms with E-state index in [1.165, 1.54) is 18.5 Å². The summed E-state index contributed by atoms with van der Waals surface area (Å²) < 4.78 is 0. The zero-order valence-electron chi connectivity index (χ0n) is 7.76. The Balaban J connectivity index is -0.000000101. The molecule has 78 valence electrons. The third-order valence-electron chi connectivity index (χ3n) is 0.401. The zero-order chi connectivity index (χ0) is 10.2. The van der Waals surface area contributed by atoms with Gasteiger partial charge in [-0.1, -0.05) is 89.1 Å². The molecule has 6 heteroatoms. The van der Waals surface area contributed by atoms with Crippen molar-refractivity contribution in [3.8, 4) is 0 Å². The van der Waals surface area contributed by atoms with Gasteiger partial charge in [0.05, 0.1) is 0 Å². The van der Waals surface area contributed by atoms with Crippen LogP contribution in [0.4, 0.5) is 0 Å². The maximum Gasteiger partial charge on any atom is -0.0283 e. The second-order valence-electron chi connectivity index (χ2n) is 1.46. The van der Waals surface area contributed by atoms with E-state index in [4.69, 9.17) is 0 Å². The van der Waals surface area contributed by atoms with Crippen LogP contribution in [0.15, 0.2) is 0 Å². The molecule has 0 aromatic rings. The van der Waals surface area contributed by atoms with E-state index in [-0.39, 0.29) is 0 Å². The summed E-state index contributed by atoms with van der Waals surface area (Å²) >= 11 is 9.83. The van der Waals surface area contributed by atoms with Crippen molar-refractivity contribution in [2.45, 2.75) is 20.8 Å². The van der Waals surface area contributed by atoms with Crippen LogP contribution in [0.3, 0.4) is 0 Å². The Hall–Kier alpha value is 2.73. The highest BCUT2D eigenvalue weighted by molar-refractivity contribution is 9.37. The Morgan fingerprint density at radius 3 is 0.750 bits per heavy atom. The van der Waals surface area contributed by atoms with Crippen molar-refractivity contribution >= 4 is 68.3 Å². The maximum atomic E-state index is 3.28. The van der Waals surface area contributed by atoms with Crippen LogP contribution in [-0.4, -0.2) is 18.5 Å². The molecule has 0 rings (SSSR count). The lowest BCUT2D eigenvalue weighted by Gasteiger charge is -1.66. The van der Waals surface area contributed by atoms with Gasteiger partial charge in [-0.25, -0.2) is 0 Å². The predicted octanol–water partition coefficient (Wildman–Crippen LogP) is 5.98. The molecule has 0 saturated heterocycles. The molecule has 0 N–H and O–H groups in total. The molecule has 0 amide bonds. The van der Waals surface area contributed by atoms with E-state index in [2.05, 4.69) is 67.2 Å². The Bertz CT molecular complexity index is 33.5. The van der Waals surface area contributed by atoms with Gasteiger partial charge in [-0.2, -0.15) is 0 Å². The van der Waals surface area contributed by atoms with Crippen molar-refractivity contribution in [3.05, 3.63) is 0 Å². The molecular formula is C6H18Br3P3. The fourth-order valence-electron chi connectivity index (χ4n) is 0. The monoisotopic (exact) mass is 420 g/mol. The second kappa shape index (κ2) is 29.2. The van der Waals surface area contributed by atoms with Crippen molar-refractivity contribution in [2.24, 2.45) is 0 Å². The van der Waals surface area contributed by atoms with Gasteiger partial charge in [0.2, 0.25) is 0 Å². The topological polar surface area (TPSA) is 0 Å². The highest BCUT2D eigenvalue weighted by Gasteiger charge is 1.58. The van der Waals surface area contributed by atoms with E-state index in [0.717, 1.165) is 21.8 Å². The first-order valence-electron chi connectivity index (χ1n) is 3.75. The van der Waals surface area contributed by atoms with Gasteiger partial charge in [-0.05, 0) is 18.5 Å². The molecule has 0 radical (unpaired) electrons. The normalized spacial score (nSPS) is 10.5. The first kappa shape index (κ1) is 20.2. The molecule has 0 fully saturated rings. The quantitative estimate of drug-likeness (QED) is 0.490. The molecule has 0 spiro atoms. The van der Waals surface area contributed by atoms with Crippen LogP contribution in [0.1, 0.15) is 20.8 Å². The number of rotatable bonds is 3. The lowest BCUT2D eigenvalue weighted by Crippen LogP contribution is -1.40. The van der Waals surface area contributed by atoms with Crippen LogP contribution in [0.25, 0.3) is 0 Å². The zero-order valence-corrected chi connectivity index (χ0v) is 15.5. The molecule has 3 atom stereocenters. The Labute approximate surface area is 107 Å². The minimum Gasteiger partial charge on any atom is -0.0642 e. The highest BCUT2D eigenvalue weighted by atomic mass is 79.9. The molecule has 0 aliphatic rings. The SMILES string of the molecule is CCPBr.CCPBr.CCPBr. The third kappa shape index (κ3) is 53.3. The molecule has 12 heavy (non-hydrogen) atoms. The minimum absolute atomic E-state index is 0.953. The number of halogens is 3. The Morgan fingerprint density at radius 2 is 0.750 bits per heavy atom. The van der Waals surface area contributed by atoms with Gasteiger partial charge in [0.1, 0.15) is 0 Å². The van der Waals surface area contributed by atoms with Crippen LogP contribution >= 0.6 is 68.3 Å². The van der Waals surface area contributed by atoms with Gasteiger partial charge in [-0.15, -0.1) is 0 Å². The van der Waals surface area contributed by atoms with Crippen LogP contribution in [-0.2, 0) is 0 Å². The number of hydrogen-bond acceptors (Lipinski definition) is 0. The second-order valence-corrected chi connectivity index (χ2v) is 9.43. The number of hydrogen-bond donors (Lipinski definition) is 0. The summed E-state index contributed by atoms with van der Waals surface area (Å²) in [4.78, 5) is 0. The van der Waals surface area contributed by atoms with Crippen molar-refractivity contribution in [1.29, 1.82) is 0 Å². The molecule has 0 aromatic heterocycles. The minimum atomic E-state index is 0.953. The fraction of sp³-hybridized carbons (Fsp3) is 1.00. The van der Waals surface area contributed by atoms with E-state index in [1.807, 2.05) is 0 Å². The average Bonchev–Trinajstić information content (AvgIpc) is 2.18. The molecule has 0 aromatic carbocycles. The molecule has 3 unspecified atom stereocenters. The summed E-state index contributed by atoms with van der Waals surface area (Å²) in [5.74, 6) is 0. The first-order valence-corrected chi connectivity index (χ1v) is 14.1. The van der Waals surface area contributed by atoms with E-state index in [0.29, 0.717) is 0 Å². The third-order valence-corrected chi connectivity index (χ3v) is 6.25. The molecule has 0 heterocycles. The Morgan fingerprint density at radius 1 is 0.667 bits per heavy atom. The lowest BCUT2D eigenvalue weighted by molar-refractivity contribution is 1.53. The van der Waals surface area contributed by atoms with E-state index in [1.54, 1.807) is 0 Å². The van der Waals surface area contributed by atoms with Crippen LogP contribution in [0, 0.1) is 0 Å². The summed E-state index contributed by atoms with van der Waals surface area (Å²) in [6.45, 7) is 6.44. The van der Waals surface area contributed by atoms with Gasteiger partial charge >= 0.3 is 0 Å². The molecule has 0 nitrogen and oxygen atoms in total. The first-order chi connectivity index (χ1) is 5.74. The van der Waals surface area contributed by atoms with E-state index >= 15 is 0 Å². The van der Waals surface area contributed by atoms with E-state index < -0.39 is 0 Å². The summed E-state index contributed by atoms with van der Waals surface area (Å²) in [5, 5.41) is 0. The summed E-state index contributed by atoms with van der Waals surface area (Å²) in [6, 6.07) is 0. The van der Waals surface area contributed by atoms with E-state index in [9.17, 15) is 0 Å². The molecule has 0 aliphatic carbocycles. The highest BCUT2D eigenvalue weighted by Crippen LogP contribution is 2.17. The predicted molar refractivity (Wildman–Crippen MR) is 83.3 cm³/mol. The van der Waals surface area contributed by atoms with Gasteiger partial charge in [-0.3, -0.25) is 0 Å². The van der Waals surface area contributed by atoms with Crippen LogP contribution in [0.2, 0.25) is 0 Å². The van der Waals surface area contributed by atoms with Gasteiger partial charge in [0, 0.05) is 0 Å². The van der Waals surface area contributed by atoms with Crippen molar-refractivity contribution in [2.75, 3.05) is 18.5 Å². The Kier molecular flexibility index (Phi) is 49.1. The average molecular weight is 423 g/mol. The molecular weight excluding hydrogens is 405 g/mol. The summed E-state index contributed by atoms with van der Waals surface area (Å²) in [6.07, 6.45) is 3.79. The van der Waals surface area contributed by atoms with Crippen molar-refractivity contribution < 1.29 is 0 Å². The van der Waals surface area contributed by atoms with Crippen LogP contribution in [0.5, 0.6) is 0 Å². The standard InChI is InChI=1S/3C2H6BrP/c3*1-2-4-3/h3*4H,2H2,1H3. The van der Waals surface area contributed by atoms with Crippen LogP contribution < -0.4 is 0 Å². The maximum absolute atomic E-state index is 3.28. The van der Waals surface area contributed by atoms with Crippen molar-refractivity contribution in [1.82, 2.24) is 0 Å². The fourth-order valence-corrected chi connectivity index (χ4v) is 0.